The zero-order chi connectivity index (χ0) is 18.3. The Balaban J connectivity index is 2.69. The highest BCUT2D eigenvalue weighted by molar-refractivity contribution is 5.98. The zero-order valence-electron chi connectivity index (χ0n) is 14.8. The number of carbonyl (C=O) groups is 3. The molecule has 1 rings (SSSR count). The van der Waals surface area contributed by atoms with E-state index in [4.69, 9.17) is 0 Å². The monoisotopic (exact) mass is 334 g/mol. The first-order valence-corrected chi connectivity index (χ1v) is 7.90. The first kappa shape index (κ1) is 19.5. The number of benzene rings is 1. The van der Waals surface area contributed by atoms with Crippen LogP contribution in [0, 0.1) is 0 Å². The standard InChI is InChI=1S/C17H26N4O3/c1-6-18-14(22)11(2)19-16(24)20-13-9-7-8-12(10-13)15(23)21-17(3,4)5/h7-11H,6H2,1-5H3,(H,18,22)(H,21,23)(H2,19,20,24)/t11-/m1/s1. The highest BCUT2D eigenvalue weighted by atomic mass is 16.2. The van der Waals surface area contributed by atoms with Crippen LogP contribution in [0.5, 0.6) is 0 Å². The Morgan fingerprint density at radius 3 is 2.42 bits per heavy atom. The maximum Gasteiger partial charge on any atom is 0.319 e. The van der Waals surface area contributed by atoms with Gasteiger partial charge in [-0.3, -0.25) is 9.59 Å². The molecular weight excluding hydrogens is 308 g/mol. The Morgan fingerprint density at radius 1 is 1.17 bits per heavy atom. The average molecular weight is 334 g/mol. The lowest BCUT2D eigenvalue weighted by molar-refractivity contribution is -0.122. The molecule has 1 aromatic carbocycles. The Labute approximate surface area is 142 Å². The first-order valence-electron chi connectivity index (χ1n) is 7.90. The van der Waals surface area contributed by atoms with Crippen LogP contribution in [0.4, 0.5) is 10.5 Å². The second kappa shape index (κ2) is 8.33. The molecule has 1 atom stereocenters. The maximum absolute atomic E-state index is 12.1. The van der Waals surface area contributed by atoms with E-state index in [0.717, 1.165) is 0 Å². The van der Waals surface area contributed by atoms with Crippen molar-refractivity contribution < 1.29 is 14.4 Å². The van der Waals surface area contributed by atoms with Gasteiger partial charge in [-0.05, 0) is 52.8 Å². The minimum Gasteiger partial charge on any atom is -0.355 e. The summed E-state index contributed by atoms with van der Waals surface area (Å²) >= 11 is 0. The molecule has 0 saturated heterocycles. The number of nitrogens with one attached hydrogen (secondary N) is 4. The minimum absolute atomic E-state index is 0.220. The highest BCUT2D eigenvalue weighted by Crippen LogP contribution is 2.12. The van der Waals surface area contributed by atoms with Crippen molar-refractivity contribution in [3.63, 3.8) is 0 Å². The van der Waals surface area contributed by atoms with Gasteiger partial charge in [0.05, 0.1) is 0 Å². The van der Waals surface area contributed by atoms with Crippen molar-refractivity contribution in [3.8, 4) is 0 Å². The van der Waals surface area contributed by atoms with Crippen molar-refractivity contribution in [2.75, 3.05) is 11.9 Å². The van der Waals surface area contributed by atoms with Crippen LogP contribution in [0.25, 0.3) is 0 Å². The molecule has 7 nitrogen and oxygen atoms in total. The van der Waals surface area contributed by atoms with Gasteiger partial charge < -0.3 is 21.3 Å². The molecule has 0 aromatic heterocycles. The molecule has 0 bridgehead atoms. The molecule has 1 aromatic rings. The predicted octanol–water partition coefficient (Wildman–Crippen LogP) is 1.86. The smallest absolute Gasteiger partial charge is 0.319 e. The highest BCUT2D eigenvalue weighted by Gasteiger charge is 2.17. The van der Waals surface area contributed by atoms with E-state index < -0.39 is 12.1 Å². The molecule has 0 spiro atoms. The molecule has 0 aliphatic carbocycles. The Kier molecular flexibility index (Phi) is 6.76. The number of anilines is 1. The van der Waals surface area contributed by atoms with Crippen LogP contribution in [0.3, 0.4) is 0 Å². The summed E-state index contributed by atoms with van der Waals surface area (Å²) in [5.74, 6) is -0.479. The van der Waals surface area contributed by atoms with E-state index in [0.29, 0.717) is 17.8 Å². The molecule has 4 N–H and O–H groups in total. The van der Waals surface area contributed by atoms with E-state index in [2.05, 4.69) is 21.3 Å². The van der Waals surface area contributed by atoms with Crippen LogP contribution < -0.4 is 21.3 Å². The van der Waals surface area contributed by atoms with Crippen LogP contribution in [0.1, 0.15) is 45.0 Å². The Bertz CT molecular complexity index is 608. The van der Waals surface area contributed by atoms with E-state index in [9.17, 15) is 14.4 Å². The molecule has 0 aliphatic rings. The summed E-state index contributed by atoms with van der Waals surface area (Å²) in [6.07, 6.45) is 0. The molecule has 0 heterocycles. The molecule has 4 amide bonds. The van der Waals surface area contributed by atoms with Crippen molar-refractivity contribution in [2.45, 2.75) is 46.2 Å². The molecule has 7 heteroatoms. The number of hydrogen-bond acceptors (Lipinski definition) is 3. The van der Waals surface area contributed by atoms with Crippen LogP contribution in [0.2, 0.25) is 0 Å². The molecule has 132 valence electrons. The second-order valence-corrected chi connectivity index (χ2v) is 6.50. The number of carbonyl (C=O) groups excluding carboxylic acids is 3. The molecule has 24 heavy (non-hydrogen) atoms. The molecule has 0 unspecified atom stereocenters. The summed E-state index contributed by atoms with van der Waals surface area (Å²) in [5.41, 5.74) is 0.566. The minimum atomic E-state index is -0.655. The van der Waals surface area contributed by atoms with Crippen LogP contribution >= 0.6 is 0 Å². The predicted molar refractivity (Wildman–Crippen MR) is 94.0 cm³/mol. The van der Waals surface area contributed by atoms with Crippen molar-refractivity contribution >= 4 is 23.5 Å². The summed E-state index contributed by atoms with van der Waals surface area (Å²) in [6, 6.07) is 5.43. The number of likely N-dealkylation sites (N-methyl/N-ethyl adjacent to an activating group) is 1. The molecule has 0 fully saturated rings. The fourth-order valence-electron chi connectivity index (χ4n) is 1.91. The SMILES string of the molecule is CCNC(=O)[C@@H](C)NC(=O)Nc1cccc(C(=O)NC(C)(C)C)c1. The second-order valence-electron chi connectivity index (χ2n) is 6.50. The van der Waals surface area contributed by atoms with Gasteiger partial charge in [0.15, 0.2) is 0 Å². The van der Waals surface area contributed by atoms with Gasteiger partial charge in [-0.1, -0.05) is 6.07 Å². The summed E-state index contributed by atoms with van der Waals surface area (Å²) in [6.45, 7) is 9.57. The Morgan fingerprint density at radius 2 is 1.83 bits per heavy atom. The lowest BCUT2D eigenvalue weighted by Gasteiger charge is -2.20. The summed E-state index contributed by atoms with van der Waals surface area (Å²) in [4.78, 5) is 35.7. The van der Waals surface area contributed by atoms with E-state index >= 15 is 0 Å². The first-order chi connectivity index (χ1) is 11.1. The molecular formula is C17H26N4O3. The van der Waals surface area contributed by atoms with Crippen LogP contribution in [-0.4, -0.2) is 36.0 Å². The zero-order valence-corrected chi connectivity index (χ0v) is 14.8. The van der Waals surface area contributed by atoms with E-state index in [1.165, 1.54) is 0 Å². The fraction of sp³-hybridized carbons (Fsp3) is 0.471. The number of hydrogen-bond donors (Lipinski definition) is 4. The van der Waals surface area contributed by atoms with E-state index in [-0.39, 0.29) is 17.4 Å². The van der Waals surface area contributed by atoms with Crippen LogP contribution in [0.15, 0.2) is 24.3 Å². The topological polar surface area (TPSA) is 99.3 Å². The molecule has 0 saturated carbocycles. The summed E-state index contributed by atoms with van der Waals surface area (Å²) in [7, 11) is 0. The molecule has 0 radical (unpaired) electrons. The summed E-state index contributed by atoms with van der Waals surface area (Å²) in [5, 5.41) is 10.6. The van der Waals surface area contributed by atoms with Gasteiger partial charge >= 0.3 is 6.03 Å². The third kappa shape index (κ3) is 6.68. The van der Waals surface area contributed by atoms with E-state index in [1.54, 1.807) is 38.1 Å². The van der Waals surface area contributed by atoms with Crippen molar-refractivity contribution in [1.82, 2.24) is 16.0 Å². The normalized spacial score (nSPS) is 12.0. The van der Waals surface area contributed by atoms with Crippen molar-refractivity contribution in [2.24, 2.45) is 0 Å². The summed E-state index contributed by atoms with van der Waals surface area (Å²) < 4.78 is 0. The van der Waals surface area contributed by atoms with Gasteiger partial charge in [-0.15, -0.1) is 0 Å². The largest absolute Gasteiger partial charge is 0.355 e. The number of urea groups is 1. The fourth-order valence-corrected chi connectivity index (χ4v) is 1.91. The number of amides is 4. The lowest BCUT2D eigenvalue weighted by atomic mass is 10.1. The molecule has 0 aliphatic heterocycles. The lowest BCUT2D eigenvalue weighted by Crippen LogP contribution is -2.46. The van der Waals surface area contributed by atoms with Crippen molar-refractivity contribution in [3.05, 3.63) is 29.8 Å². The average Bonchev–Trinajstić information content (AvgIpc) is 2.45. The third-order valence-electron chi connectivity index (χ3n) is 2.96. The van der Waals surface area contributed by atoms with Gasteiger partial charge in [0.1, 0.15) is 6.04 Å². The quantitative estimate of drug-likeness (QED) is 0.661. The maximum atomic E-state index is 12.1. The van der Waals surface area contributed by atoms with E-state index in [1.807, 2.05) is 20.8 Å². The van der Waals surface area contributed by atoms with Gasteiger partial charge in [-0.2, -0.15) is 0 Å². The van der Waals surface area contributed by atoms with Gasteiger partial charge in [0.2, 0.25) is 5.91 Å². The van der Waals surface area contributed by atoms with Crippen LogP contribution in [-0.2, 0) is 4.79 Å². The third-order valence-corrected chi connectivity index (χ3v) is 2.96. The Hall–Kier alpha value is -2.57. The van der Waals surface area contributed by atoms with Crippen molar-refractivity contribution in [1.29, 1.82) is 0 Å². The van der Waals surface area contributed by atoms with Gasteiger partial charge in [0, 0.05) is 23.3 Å². The van der Waals surface area contributed by atoms with Gasteiger partial charge in [-0.25, -0.2) is 4.79 Å². The van der Waals surface area contributed by atoms with Gasteiger partial charge in [0.25, 0.3) is 5.91 Å². The number of rotatable bonds is 5.